The standard InChI is InChI=1S/C15H23N3O4S/c1-3-23(20,21)18-13-5-4-12(10-14(13)22-2)17-15(19)11-6-8-16-9-7-11/h4-5,10-11,16,18H,3,6-9H2,1-2H3,(H,17,19). The molecule has 7 nitrogen and oxygen atoms in total. The average Bonchev–Trinajstić information content (AvgIpc) is 2.56. The molecule has 0 spiro atoms. The molecule has 1 aliphatic heterocycles. The van der Waals surface area contributed by atoms with Crippen molar-refractivity contribution in [3.8, 4) is 5.75 Å². The van der Waals surface area contributed by atoms with E-state index in [0.29, 0.717) is 17.1 Å². The summed E-state index contributed by atoms with van der Waals surface area (Å²) in [6, 6.07) is 4.87. The quantitative estimate of drug-likeness (QED) is 0.727. The van der Waals surface area contributed by atoms with Crippen LogP contribution >= 0.6 is 0 Å². The average molecular weight is 341 g/mol. The van der Waals surface area contributed by atoms with E-state index in [2.05, 4.69) is 15.4 Å². The molecule has 1 aromatic carbocycles. The lowest BCUT2D eigenvalue weighted by Crippen LogP contribution is -2.34. The Balaban J connectivity index is 2.10. The Morgan fingerprint density at radius 3 is 2.65 bits per heavy atom. The van der Waals surface area contributed by atoms with Gasteiger partial charge >= 0.3 is 0 Å². The third kappa shape index (κ3) is 4.84. The second-order valence-electron chi connectivity index (χ2n) is 5.43. The molecule has 1 aliphatic rings. The maximum atomic E-state index is 12.2. The van der Waals surface area contributed by atoms with Crippen LogP contribution in [0.1, 0.15) is 19.8 Å². The molecule has 0 saturated carbocycles. The number of hydrogen-bond acceptors (Lipinski definition) is 5. The fraction of sp³-hybridized carbons (Fsp3) is 0.533. The van der Waals surface area contributed by atoms with Gasteiger partial charge in [-0.25, -0.2) is 8.42 Å². The normalized spacial score (nSPS) is 15.9. The molecule has 0 bridgehead atoms. The number of piperidine rings is 1. The molecule has 1 saturated heterocycles. The lowest BCUT2D eigenvalue weighted by Gasteiger charge is -2.22. The summed E-state index contributed by atoms with van der Waals surface area (Å²) in [7, 11) is -1.93. The van der Waals surface area contributed by atoms with E-state index in [9.17, 15) is 13.2 Å². The van der Waals surface area contributed by atoms with E-state index >= 15 is 0 Å². The predicted molar refractivity (Wildman–Crippen MR) is 90.3 cm³/mol. The van der Waals surface area contributed by atoms with Crippen molar-refractivity contribution < 1.29 is 17.9 Å². The summed E-state index contributed by atoms with van der Waals surface area (Å²) in [6.07, 6.45) is 1.63. The highest BCUT2D eigenvalue weighted by atomic mass is 32.2. The number of methoxy groups -OCH3 is 1. The third-order valence-corrected chi connectivity index (χ3v) is 5.12. The molecular formula is C15H23N3O4S. The Bertz CT molecular complexity index is 655. The zero-order valence-electron chi connectivity index (χ0n) is 13.4. The first-order valence-corrected chi connectivity index (χ1v) is 9.30. The van der Waals surface area contributed by atoms with Gasteiger partial charge in [0.15, 0.2) is 0 Å². The Labute approximate surface area is 136 Å². The molecule has 0 unspecified atom stereocenters. The van der Waals surface area contributed by atoms with Crippen molar-refractivity contribution in [1.82, 2.24) is 5.32 Å². The van der Waals surface area contributed by atoms with Crippen molar-refractivity contribution in [2.75, 3.05) is 36.0 Å². The van der Waals surface area contributed by atoms with Crippen LogP contribution in [0.3, 0.4) is 0 Å². The first-order valence-electron chi connectivity index (χ1n) is 7.65. The highest BCUT2D eigenvalue weighted by Gasteiger charge is 2.21. The van der Waals surface area contributed by atoms with Crippen LogP contribution in [0.2, 0.25) is 0 Å². The minimum atomic E-state index is -3.38. The lowest BCUT2D eigenvalue weighted by molar-refractivity contribution is -0.120. The van der Waals surface area contributed by atoms with Crippen LogP contribution in [0.5, 0.6) is 5.75 Å². The number of ether oxygens (including phenoxy) is 1. The number of hydrogen-bond donors (Lipinski definition) is 3. The molecule has 3 N–H and O–H groups in total. The summed E-state index contributed by atoms with van der Waals surface area (Å²) >= 11 is 0. The smallest absolute Gasteiger partial charge is 0.232 e. The lowest BCUT2D eigenvalue weighted by atomic mass is 9.97. The third-order valence-electron chi connectivity index (χ3n) is 3.82. The molecule has 2 rings (SSSR count). The van der Waals surface area contributed by atoms with Gasteiger partial charge in [-0.05, 0) is 45.0 Å². The van der Waals surface area contributed by atoms with Crippen LogP contribution < -0.4 is 20.1 Å². The minimum Gasteiger partial charge on any atom is -0.494 e. The number of sulfonamides is 1. The van der Waals surface area contributed by atoms with E-state index in [1.165, 1.54) is 7.11 Å². The monoisotopic (exact) mass is 341 g/mol. The Hall–Kier alpha value is -1.80. The second kappa shape index (κ2) is 7.65. The highest BCUT2D eigenvalue weighted by molar-refractivity contribution is 7.92. The Kier molecular flexibility index (Phi) is 5.84. The number of anilines is 2. The van der Waals surface area contributed by atoms with Crippen molar-refractivity contribution in [2.24, 2.45) is 5.92 Å². The summed E-state index contributed by atoms with van der Waals surface area (Å²) in [5.74, 6) is 0.325. The first kappa shape index (κ1) is 17.6. The zero-order valence-corrected chi connectivity index (χ0v) is 14.2. The number of nitrogens with one attached hydrogen (secondary N) is 3. The van der Waals surface area contributed by atoms with Crippen LogP contribution in [0.4, 0.5) is 11.4 Å². The van der Waals surface area contributed by atoms with Crippen LogP contribution in [-0.2, 0) is 14.8 Å². The molecule has 0 aliphatic carbocycles. The van der Waals surface area contributed by atoms with Crippen molar-refractivity contribution in [3.63, 3.8) is 0 Å². The molecular weight excluding hydrogens is 318 g/mol. The van der Waals surface area contributed by atoms with Gasteiger partial charge in [0.1, 0.15) is 5.75 Å². The maximum Gasteiger partial charge on any atom is 0.232 e. The SMILES string of the molecule is CCS(=O)(=O)Nc1ccc(NC(=O)C2CCNCC2)cc1OC. The van der Waals surface area contributed by atoms with E-state index in [1.807, 2.05) is 0 Å². The fourth-order valence-corrected chi connectivity index (χ4v) is 3.07. The van der Waals surface area contributed by atoms with E-state index in [4.69, 9.17) is 4.74 Å². The molecule has 128 valence electrons. The molecule has 0 aromatic heterocycles. The topological polar surface area (TPSA) is 96.5 Å². The van der Waals surface area contributed by atoms with Gasteiger partial charge < -0.3 is 15.4 Å². The summed E-state index contributed by atoms with van der Waals surface area (Å²) in [4.78, 5) is 12.2. The first-order chi connectivity index (χ1) is 10.9. The molecule has 1 aromatic rings. The van der Waals surface area contributed by atoms with Crippen molar-refractivity contribution >= 4 is 27.3 Å². The van der Waals surface area contributed by atoms with Gasteiger partial charge in [0.05, 0.1) is 18.6 Å². The van der Waals surface area contributed by atoms with Gasteiger partial charge in [-0.3, -0.25) is 9.52 Å². The largest absolute Gasteiger partial charge is 0.494 e. The van der Waals surface area contributed by atoms with Crippen LogP contribution in [0.15, 0.2) is 18.2 Å². The minimum absolute atomic E-state index is 0.000477. The van der Waals surface area contributed by atoms with Crippen molar-refractivity contribution in [3.05, 3.63) is 18.2 Å². The van der Waals surface area contributed by atoms with Gasteiger partial charge in [-0.2, -0.15) is 0 Å². The van der Waals surface area contributed by atoms with Crippen molar-refractivity contribution in [2.45, 2.75) is 19.8 Å². The fourth-order valence-electron chi connectivity index (χ4n) is 2.42. The molecule has 1 heterocycles. The number of carbonyl (C=O) groups is 1. The summed E-state index contributed by atoms with van der Waals surface area (Å²) in [5, 5.41) is 6.09. The molecule has 23 heavy (non-hydrogen) atoms. The van der Waals surface area contributed by atoms with Crippen LogP contribution in [0, 0.1) is 5.92 Å². The summed E-state index contributed by atoms with van der Waals surface area (Å²) in [5.41, 5.74) is 0.944. The van der Waals surface area contributed by atoms with Gasteiger partial charge in [-0.1, -0.05) is 0 Å². The van der Waals surface area contributed by atoms with E-state index in [-0.39, 0.29) is 17.6 Å². The molecule has 1 amide bonds. The van der Waals surface area contributed by atoms with Gasteiger partial charge in [0.25, 0.3) is 0 Å². The van der Waals surface area contributed by atoms with E-state index in [1.54, 1.807) is 25.1 Å². The van der Waals surface area contributed by atoms with Crippen LogP contribution in [-0.4, -0.2) is 40.3 Å². The Morgan fingerprint density at radius 2 is 2.04 bits per heavy atom. The van der Waals surface area contributed by atoms with E-state index < -0.39 is 10.0 Å². The molecule has 0 atom stereocenters. The van der Waals surface area contributed by atoms with Gasteiger partial charge in [0.2, 0.25) is 15.9 Å². The van der Waals surface area contributed by atoms with Gasteiger partial charge in [-0.15, -0.1) is 0 Å². The van der Waals surface area contributed by atoms with E-state index in [0.717, 1.165) is 25.9 Å². The maximum absolute atomic E-state index is 12.2. The van der Waals surface area contributed by atoms with Crippen LogP contribution in [0.25, 0.3) is 0 Å². The molecule has 8 heteroatoms. The van der Waals surface area contributed by atoms with Crippen molar-refractivity contribution in [1.29, 1.82) is 0 Å². The van der Waals surface area contributed by atoms with Gasteiger partial charge in [0, 0.05) is 17.7 Å². The number of amides is 1. The summed E-state index contributed by atoms with van der Waals surface area (Å²) in [6.45, 7) is 3.25. The number of rotatable bonds is 6. The molecule has 0 radical (unpaired) electrons. The Morgan fingerprint density at radius 1 is 1.35 bits per heavy atom. The molecule has 1 fully saturated rings. The predicted octanol–water partition coefficient (Wildman–Crippen LogP) is 1.39. The summed E-state index contributed by atoms with van der Waals surface area (Å²) < 4.78 is 31.0. The zero-order chi connectivity index (χ0) is 16.9. The number of carbonyl (C=O) groups excluding carboxylic acids is 1. The second-order valence-corrected chi connectivity index (χ2v) is 7.45. The number of benzene rings is 1. The highest BCUT2D eigenvalue weighted by Crippen LogP contribution is 2.29.